The molecule has 0 aromatic heterocycles. The molecule has 3 nitrogen and oxygen atoms in total. The monoisotopic (exact) mass is 229 g/mol. The molecule has 0 aliphatic heterocycles. The van der Waals surface area contributed by atoms with Gasteiger partial charge in [0.25, 0.3) is 0 Å². The number of methoxy groups -OCH3 is 1. The van der Waals surface area contributed by atoms with Crippen molar-refractivity contribution in [3.05, 3.63) is 0 Å². The second kappa shape index (κ2) is 10.9. The molecule has 0 bridgehead atoms. The average Bonchev–Trinajstić information content (AvgIpc) is 2.27. The van der Waals surface area contributed by atoms with Crippen LogP contribution in [-0.4, -0.2) is 19.1 Å². The van der Waals surface area contributed by atoms with Gasteiger partial charge in [0.05, 0.1) is 13.5 Å². The Balaban J connectivity index is 3.21. The van der Waals surface area contributed by atoms with Gasteiger partial charge in [-0.25, -0.2) is 0 Å². The van der Waals surface area contributed by atoms with Crippen LogP contribution in [0.25, 0.3) is 0 Å². The van der Waals surface area contributed by atoms with Crippen LogP contribution in [0.5, 0.6) is 0 Å². The summed E-state index contributed by atoms with van der Waals surface area (Å²) < 4.78 is 4.57. The fourth-order valence-corrected chi connectivity index (χ4v) is 1.76. The summed E-state index contributed by atoms with van der Waals surface area (Å²) in [7, 11) is 1.41. The molecular formula is C13H27NO2. The van der Waals surface area contributed by atoms with Crippen LogP contribution >= 0.6 is 0 Å². The predicted octanol–water partition coefficient (Wildman–Crippen LogP) is 3.02. The van der Waals surface area contributed by atoms with E-state index in [1.165, 1.54) is 45.6 Å². The van der Waals surface area contributed by atoms with Crippen LogP contribution in [-0.2, 0) is 9.53 Å². The summed E-state index contributed by atoms with van der Waals surface area (Å²) in [6, 6.07) is -0.0249. The van der Waals surface area contributed by atoms with Gasteiger partial charge < -0.3 is 10.5 Å². The molecule has 1 atom stereocenters. The number of ether oxygens (including phenoxy) is 1. The zero-order chi connectivity index (χ0) is 12.2. The number of hydrogen-bond acceptors (Lipinski definition) is 3. The van der Waals surface area contributed by atoms with E-state index in [9.17, 15) is 4.79 Å². The van der Waals surface area contributed by atoms with Crippen LogP contribution in [0, 0.1) is 0 Å². The Morgan fingerprint density at radius 1 is 1.12 bits per heavy atom. The fourth-order valence-electron chi connectivity index (χ4n) is 1.76. The third-order valence-electron chi connectivity index (χ3n) is 2.83. The van der Waals surface area contributed by atoms with Crippen LogP contribution in [0.4, 0.5) is 0 Å². The number of rotatable bonds is 10. The van der Waals surface area contributed by atoms with Crippen LogP contribution in [0.2, 0.25) is 0 Å². The third kappa shape index (κ3) is 9.97. The first kappa shape index (κ1) is 15.4. The number of esters is 1. The summed E-state index contributed by atoms with van der Waals surface area (Å²) in [5, 5.41) is 0. The lowest BCUT2D eigenvalue weighted by molar-refractivity contribution is -0.141. The van der Waals surface area contributed by atoms with Crippen LogP contribution in [0.15, 0.2) is 0 Å². The van der Waals surface area contributed by atoms with Crippen LogP contribution in [0.3, 0.4) is 0 Å². The molecule has 0 aromatic carbocycles. The largest absolute Gasteiger partial charge is 0.469 e. The number of hydrogen-bond donors (Lipinski definition) is 1. The fraction of sp³-hybridized carbons (Fsp3) is 0.923. The average molecular weight is 229 g/mol. The minimum atomic E-state index is -0.199. The number of unbranched alkanes of at least 4 members (excludes halogenated alkanes) is 6. The van der Waals surface area contributed by atoms with E-state index in [-0.39, 0.29) is 12.0 Å². The Morgan fingerprint density at radius 2 is 1.69 bits per heavy atom. The van der Waals surface area contributed by atoms with E-state index in [0.29, 0.717) is 6.42 Å². The minimum absolute atomic E-state index is 0.0249. The number of nitrogens with two attached hydrogens (primary N) is 1. The second-order valence-electron chi connectivity index (χ2n) is 4.45. The van der Waals surface area contributed by atoms with E-state index in [0.717, 1.165) is 12.8 Å². The standard InChI is InChI=1S/C13H27NO2/c1-3-4-5-6-7-8-9-10-12(14)11-13(15)16-2/h12H,3-11,14H2,1-2H3/t12-/m1/s1. The Hall–Kier alpha value is -0.570. The normalized spacial score (nSPS) is 12.4. The molecule has 0 fully saturated rings. The van der Waals surface area contributed by atoms with Gasteiger partial charge in [0.2, 0.25) is 0 Å². The van der Waals surface area contributed by atoms with Crippen molar-refractivity contribution in [2.24, 2.45) is 5.73 Å². The summed E-state index contributed by atoms with van der Waals surface area (Å²) in [5.74, 6) is -0.199. The maximum Gasteiger partial charge on any atom is 0.307 e. The first-order chi connectivity index (χ1) is 7.70. The summed E-state index contributed by atoms with van der Waals surface area (Å²) in [4.78, 5) is 10.9. The van der Waals surface area contributed by atoms with Gasteiger partial charge in [-0.05, 0) is 6.42 Å². The van der Waals surface area contributed by atoms with Crippen molar-refractivity contribution in [2.45, 2.75) is 70.8 Å². The molecular weight excluding hydrogens is 202 g/mol. The molecule has 0 heterocycles. The van der Waals surface area contributed by atoms with Gasteiger partial charge in [-0.3, -0.25) is 4.79 Å². The molecule has 2 N–H and O–H groups in total. The van der Waals surface area contributed by atoms with Crippen molar-refractivity contribution in [1.29, 1.82) is 0 Å². The molecule has 0 saturated heterocycles. The Labute approximate surface area is 99.7 Å². The quantitative estimate of drug-likeness (QED) is 0.463. The maximum absolute atomic E-state index is 10.9. The van der Waals surface area contributed by atoms with Gasteiger partial charge >= 0.3 is 5.97 Å². The van der Waals surface area contributed by atoms with Crippen molar-refractivity contribution < 1.29 is 9.53 Å². The molecule has 0 aromatic rings. The molecule has 0 aliphatic rings. The van der Waals surface area contributed by atoms with E-state index in [2.05, 4.69) is 11.7 Å². The lowest BCUT2D eigenvalue weighted by Gasteiger charge is -2.09. The predicted molar refractivity (Wildman–Crippen MR) is 67.2 cm³/mol. The van der Waals surface area contributed by atoms with Crippen molar-refractivity contribution >= 4 is 5.97 Å². The molecule has 0 amide bonds. The van der Waals surface area contributed by atoms with Gasteiger partial charge in [-0.15, -0.1) is 0 Å². The Morgan fingerprint density at radius 3 is 2.25 bits per heavy atom. The summed E-state index contributed by atoms with van der Waals surface area (Å²) in [6.45, 7) is 2.23. The molecule has 96 valence electrons. The Kier molecular flexibility index (Phi) is 10.5. The molecule has 0 spiro atoms. The lowest BCUT2D eigenvalue weighted by Crippen LogP contribution is -2.24. The van der Waals surface area contributed by atoms with E-state index in [1.54, 1.807) is 0 Å². The van der Waals surface area contributed by atoms with Gasteiger partial charge in [0.15, 0.2) is 0 Å². The smallest absolute Gasteiger partial charge is 0.307 e. The van der Waals surface area contributed by atoms with E-state index in [1.807, 2.05) is 0 Å². The van der Waals surface area contributed by atoms with E-state index in [4.69, 9.17) is 5.73 Å². The van der Waals surface area contributed by atoms with Crippen molar-refractivity contribution in [3.63, 3.8) is 0 Å². The van der Waals surface area contributed by atoms with Gasteiger partial charge in [0.1, 0.15) is 0 Å². The maximum atomic E-state index is 10.9. The number of carbonyl (C=O) groups is 1. The second-order valence-corrected chi connectivity index (χ2v) is 4.45. The highest BCUT2D eigenvalue weighted by molar-refractivity contribution is 5.69. The molecule has 0 radical (unpaired) electrons. The van der Waals surface area contributed by atoms with E-state index < -0.39 is 0 Å². The molecule has 3 heteroatoms. The van der Waals surface area contributed by atoms with E-state index >= 15 is 0 Å². The first-order valence-electron chi connectivity index (χ1n) is 6.53. The molecule has 0 aliphatic carbocycles. The topological polar surface area (TPSA) is 52.3 Å². The summed E-state index contributed by atoms with van der Waals surface area (Å²) in [5.41, 5.74) is 5.81. The van der Waals surface area contributed by atoms with Gasteiger partial charge in [-0.2, -0.15) is 0 Å². The summed E-state index contributed by atoms with van der Waals surface area (Å²) in [6.07, 6.45) is 10.3. The molecule has 0 unspecified atom stereocenters. The minimum Gasteiger partial charge on any atom is -0.469 e. The molecule has 0 rings (SSSR count). The van der Waals surface area contributed by atoms with Gasteiger partial charge in [0, 0.05) is 6.04 Å². The van der Waals surface area contributed by atoms with Crippen molar-refractivity contribution in [1.82, 2.24) is 0 Å². The Bertz CT molecular complexity index is 171. The highest BCUT2D eigenvalue weighted by Gasteiger charge is 2.08. The molecule has 16 heavy (non-hydrogen) atoms. The highest BCUT2D eigenvalue weighted by Crippen LogP contribution is 2.10. The zero-order valence-corrected chi connectivity index (χ0v) is 10.8. The molecule has 0 saturated carbocycles. The lowest BCUT2D eigenvalue weighted by atomic mass is 10.0. The first-order valence-corrected chi connectivity index (χ1v) is 6.53. The third-order valence-corrected chi connectivity index (χ3v) is 2.83. The zero-order valence-electron chi connectivity index (χ0n) is 10.8. The van der Waals surface area contributed by atoms with Crippen LogP contribution in [0.1, 0.15) is 64.7 Å². The van der Waals surface area contributed by atoms with Crippen molar-refractivity contribution in [3.8, 4) is 0 Å². The summed E-state index contributed by atoms with van der Waals surface area (Å²) >= 11 is 0. The number of carbonyl (C=O) groups excluding carboxylic acids is 1. The van der Waals surface area contributed by atoms with Crippen LogP contribution < -0.4 is 5.73 Å². The SMILES string of the molecule is CCCCCCCCC[C@@H](N)CC(=O)OC. The highest BCUT2D eigenvalue weighted by atomic mass is 16.5. The van der Waals surface area contributed by atoms with Gasteiger partial charge in [-0.1, -0.05) is 51.9 Å². The van der Waals surface area contributed by atoms with Crippen molar-refractivity contribution in [2.75, 3.05) is 7.11 Å².